The lowest BCUT2D eigenvalue weighted by Crippen LogP contribution is -2.43. The molecule has 0 saturated carbocycles. The van der Waals surface area contributed by atoms with Crippen LogP contribution < -0.4 is 10.2 Å². The average Bonchev–Trinajstić information content (AvgIpc) is 3.33. The van der Waals surface area contributed by atoms with Crippen molar-refractivity contribution in [2.24, 2.45) is 5.92 Å². The molecule has 34 heavy (non-hydrogen) atoms. The van der Waals surface area contributed by atoms with Crippen molar-refractivity contribution < 1.29 is 4.79 Å². The minimum absolute atomic E-state index is 0.0714. The fourth-order valence-corrected chi connectivity index (χ4v) is 4.53. The van der Waals surface area contributed by atoms with Gasteiger partial charge in [0.1, 0.15) is 12.1 Å². The molecule has 174 valence electrons. The van der Waals surface area contributed by atoms with Crippen molar-refractivity contribution in [2.45, 2.75) is 39.2 Å². The average molecular weight is 455 g/mol. The number of piperidine rings is 1. The second-order valence-corrected chi connectivity index (χ2v) is 9.24. The number of nitrogens with one attached hydrogen (secondary N) is 1. The Morgan fingerprint density at radius 1 is 1.09 bits per heavy atom. The first kappa shape index (κ1) is 22.1. The molecule has 7 heteroatoms. The number of carbonyl (C=O) groups excluding carboxylic acids is 1. The van der Waals surface area contributed by atoms with Crippen LogP contribution in [0.25, 0.3) is 16.7 Å². The molecule has 1 amide bonds. The van der Waals surface area contributed by atoms with E-state index in [4.69, 9.17) is 0 Å². The predicted octanol–water partition coefficient (Wildman–Crippen LogP) is 4.47. The topological polar surface area (TPSA) is 75.9 Å². The summed E-state index contributed by atoms with van der Waals surface area (Å²) in [6.45, 7) is 6.42. The first-order valence-electron chi connectivity index (χ1n) is 12.0. The van der Waals surface area contributed by atoms with Crippen molar-refractivity contribution in [3.63, 3.8) is 0 Å². The van der Waals surface area contributed by atoms with Gasteiger partial charge in [0.2, 0.25) is 5.91 Å². The van der Waals surface area contributed by atoms with Crippen LogP contribution in [-0.2, 0) is 11.3 Å². The van der Waals surface area contributed by atoms with Crippen LogP contribution >= 0.6 is 0 Å². The summed E-state index contributed by atoms with van der Waals surface area (Å²) in [4.78, 5) is 24.1. The number of anilines is 1. The minimum Gasteiger partial charge on any atom is -0.355 e. The monoisotopic (exact) mass is 454 g/mol. The third kappa shape index (κ3) is 4.64. The summed E-state index contributed by atoms with van der Waals surface area (Å²) in [5.41, 5.74) is 4.06. The quantitative estimate of drug-likeness (QED) is 0.465. The molecule has 2 aromatic carbocycles. The van der Waals surface area contributed by atoms with Gasteiger partial charge in [0.05, 0.1) is 17.0 Å². The molecule has 0 aliphatic carbocycles. The van der Waals surface area contributed by atoms with E-state index < -0.39 is 0 Å². The van der Waals surface area contributed by atoms with Crippen LogP contribution in [0.4, 0.5) is 5.82 Å². The molecule has 1 aliphatic rings. The van der Waals surface area contributed by atoms with E-state index in [1.807, 2.05) is 41.2 Å². The van der Waals surface area contributed by atoms with E-state index >= 15 is 0 Å². The van der Waals surface area contributed by atoms with Gasteiger partial charge in [-0.05, 0) is 42.0 Å². The molecule has 2 aromatic heterocycles. The number of hydrogen-bond donors (Lipinski definition) is 1. The van der Waals surface area contributed by atoms with Crippen molar-refractivity contribution in [1.29, 1.82) is 0 Å². The summed E-state index contributed by atoms with van der Waals surface area (Å²) in [7, 11) is 0. The molecule has 4 aromatic rings. The fourth-order valence-electron chi connectivity index (χ4n) is 4.53. The zero-order valence-corrected chi connectivity index (χ0v) is 19.7. The first-order valence-corrected chi connectivity index (χ1v) is 12.0. The molecule has 1 saturated heterocycles. The summed E-state index contributed by atoms with van der Waals surface area (Å²) in [5.74, 6) is 1.37. The van der Waals surface area contributed by atoms with Crippen LogP contribution in [0.2, 0.25) is 0 Å². The van der Waals surface area contributed by atoms with Crippen molar-refractivity contribution in [2.75, 3.05) is 18.0 Å². The Kier molecular flexibility index (Phi) is 6.25. The standard InChI is InChI=1S/C27H30N6O/c1-19(2)21-12-10-20(11-13-21)15-28-27(34)22-7-6-14-32(16-22)26-24-17-33(23-8-4-3-5-9-23)31-25(24)29-18-30-26/h3-5,8-13,17-19,22H,6-7,14-16H2,1-2H3,(H,28,34). The lowest BCUT2D eigenvalue weighted by molar-refractivity contribution is -0.125. The Balaban J connectivity index is 1.28. The zero-order valence-electron chi connectivity index (χ0n) is 19.7. The molecule has 5 rings (SSSR count). The maximum atomic E-state index is 13.0. The number of para-hydroxylation sites is 1. The summed E-state index contributed by atoms with van der Waals surface area (Å²) < 4.78 is 1.83. The predicted molar refractivity (Wildman–Crippen MR) is 134 cm³/mol. The second-order valence-electron chi connectivity index (χ2n) is 9.24. The molecule has 0 radical (unpaired) electrons. The first-order chi connectivity index (χ1) is 16.6. The van der Waals surface area contributed by atoms with E-state index in [1.165, 1.54) is 5.56 Å². The van der Waals surface area contributed by atoms with Crippen LogP contribution in [0.3, 0.4) is 0 Å². The zero-order chi connectivity index (χ0) is 23.5. The number of nitrogens with zero attached hydrogens (tertiary/aromatic N) is 5. The van der Waals surface area contributed by atoms with Crippen molar-refractivity contribution in [1.82, 2.24) is 25.1 Å². The second kappa shape index (κ2) is 9.63. The van der Waals surface area contributed by atoms with Gasteiger partial charge in [-0.15, -0.1) is 5.10 Å². The van der Waals surface area contributed by atoms with Gasteiger partial charge >= 0.3 is 0 Å². The molecule has 0 bridgehead atoms. The van der Waals surface area contributed by atoms with Crippen molar-refractivity contribution in [3.8, 4) is 5.69 Å². The number of benzene rings is 2. The van der Waals surface area contributed by atoms with Gasteiger partial charge in [0.15, 0.2) is 5.65 Å². The Morgan fingerprint density at radius 2 is 1.88 bits per heavy atom. The van der Waals surface area contributed by atoms with Crippen LogP contribution in [0.15, 0.2) is 67.1 Å². The highest BCUT2D eigenvalue weighted by Crippen LogP contribution is 2.28. The normalized spacial score (nSPS) is 16.2. The number of rotatable bonds is 6. The summed E-state index contributed by atoms with van der Waals surface area (Å²) in [6, 6.07) is 18.5. The van der Waals surface area contributed by atoms with E-state index in [-0.39, 0.29) is 11.8 Å². The molecule has 7 nitrogen and oxygen atoms in total. The van der Waals surface area contributed by atoms with Crippen molar-refractivity contribution in [3.05, 3.63) is 78.2 Å². The van der Waals surface area contributed by atoms with E-state index in [2.05, 4.69) is 63.4 Å². The number of aromatic nitrogens is 4. The SMILES string of the molecule is CC(C)c1ccc(CNC(=O)C2CCCN(c3ncnc4nn(-c5ccccc5)cc34)C2)cc1. The highest BCUT2D eigenvalue weighted by atomic mass is 16.1. The van der Waals surface area contributed by atoms with Gasteiger partial charge < -0.3 is 10.2 Å². The van der Waals surface area contributed by atoms with E-state index in [0.29, 0.717) is 24.7 Å². The van der Waals surface area contributed by atoms with Gasteiger partial charge in [-0.3, -0.25) is 4.79 Å². The van der Waals surface area contributed by atoms with Gasteiger partial charge in [0, 0.05) is 25.8 Å². The maximum absolute atomic E-state index is 13.0. The van der Waals surface area contributed by atoms with Gasteiger partial charge in [-0.2, -0.15) is 0 Å². The Labute approximate surface area is 199 Å². The largest absolute Gasteiger partial charge is 0.355 e. The molecule has 0 spiro atoms. The molecule has 1 aliphatic heterocycles. The number of carbonyl (C=O) groups is 1. The highest BCUT2D eigenvalue weighted by Gasteiger charge is 2.28. The van der Waals surface area contributed by atoms with E-state index in [1.54, 1.807) is 6.33 Å². The van der Waals surface area contributed by atoms with Gasteiger partial charge in [0.25, 0.3) is 0 Å². The molecular weight excluding hydrogens is 424 g/mol. The van der Waals surface area contributed by atoms with E-state index in [0.717, 1.165) is 41.8 Å². The Morgan fingerprint density at radius 3 is 2.65 bits per heavy atom. The molecule has 1 N–H and O–H groups in total. The van der Waals surface area contributed by atoms with Crippen molar-refractivity contribution >= 4 is 22.8 Å². The minimum atomic E-state index is -0.0714. The smallest absolute Gasteiger partial charge is 0.225 e. The number of amides is 1. The highest BCUT2D eigenvalue weighted by molar-refractivity contribution is 5.87. The summed E-state index contributed by atoms with van der Waals surface area (Å²) >= 11 is 0. The Bertz CT molecular complexity index is 1270. The Hall–Kier alpha value is -3.74. The molecule has 1 unspecified atom stereocenters. The van der Waals surface area contributed by atoms with Crippen LogP contribution in [0.1, 0.15) is 43.7 Å². The molecular formula is C27H30N6O. The summed E-state index contributed by atoms with van der Waals surface area (Å²) in [6.07, 6.45) is 5.36. The van der Waals surface area contributed by atoms with E-state index in [9.17, 15) is 4.79 Å². The van der Waals surface area contributed by atoms with Crippen LogP contribution in [-0.4, -0.2) is 38.7 Å². The lowest BCUT2D eigenvalue weighted by atomic mass is 9.96. The third-order valence-electron chi connectivity index (χ3n) is 6.52. The molecule has 1 fully saturated rings. The molecule has 3 heterocycles. The lowest BCUT2D eigenvalue weighted by Gasteiger charge is -2.33. The van der Waals surface area contributed by atoms with Gasteiger partial charge in [-0.1, -0.05) is 56.3 Å². The summed E-state index contributed by atoms with van der Waals surface area (Å²) in [5, 5.41) is 8.67. The third-order valence-corrected chi connectivity index (χ3v) is 6.52. The number of hydrogen-bond acceptors (Lipinski definition) is 5. The fraction of sp³-hybridized carbons (Fsp3) is 0.333. The maximum Gasteiger partial charge on any atom is 0.225 e. The van der Waals surface area contributed by atoms with Crippen LogP contribution in [0.5, 0.6) is 0 Å². The van der Waals surface area contributed by atoms with Gasteiger partial charge in [-0.25, -0.2) is 14.6 Å². The molecule has 1 atom stereocenters. The van der Waals surface area contributed by atoms with Crippen LogP contribution in [0, 0.1) is 5.92 Å². The number of fused-ring (bicyclic) bond motifs is 1.